The van der Waals surface area contributed by atoms with E-state index in [9.17, 15) is 13.5 Å². The van der Waals surface area contributed by atoms with Gasteiger partial charge in [0, 0.05) is 13.1 Å². The number of hydrogen-bond donors (Lipinski definition) is 1. The van der Waals surface area contributed by atoms with Crippen molar-refractivity contribution in [3.05, 3.63) is 42.0 Å². The monoisotopic (exact) mass is 267 g/mol. The fourth-order valence-corrected chi connectivity index (χ4v) is 3.37. The second kappa shape index (κ2) is 4.84. The molecule has 2 rings (SSSR count). The summed E-state index contributed by atoms with van der Waals surface area (Å²) >= 11 is 0. The second-order valence-corrected chi connectivity index (χ2v) is 6.54. The molecule has 1 aliphatic rings. The van der Waals surface area contributed by atoms with E-state index in [1.54, 1.807) is 24.3 Å². The number of rotatable bonds is 2. The van der Waals surface area contributed by atoms with E-state index in [0.29, 0.717) is 18.5 Å². The molecule has 18 heavy (non-hydrogen) atoms. The van der Waals surface area contributed by atoms with Crippen LogP contribution in [-0.4, -0.2) is 37.0 Å². The van der Waals surface area contributed by atoms with Crippen LogP contribution in [0.25, 0.3) is 0 Å². The lowest BCUT2D eigenvalue weighted by Gasteiger charge is -2.30. The summed E-state index contributed by atoms with van der Waals surface area (Å²) in [7, 11) is -3.50. The lowest BCUT2D eigenvalue weighted by Crippen LogP contribution is -2.43. The summed E-state index contributed by atoms with van der Waals surface area (Å²) in [5.41, 5.74) is 1.71. The second-order valence-electron chi connectivity index (χ2n) is 4.60. The fraction of sp³-hybridized carbons (Fsp3) is 0.385. The van der Waals surface area contributed by atoms with E-state index in [2.05, 4.69) is 6.58 Å². The van der Waals surface area contributed by atoms with Crippen LogP contribution in [0.15, 0.2) is 41.3 Å². The molecule has 1 aromatic carbocycles. The van der Waals surface area contributed by atoms with Crippen LogP contribution in [0.2, 0.25) is 0 Å². The minimum absolute atomic E-state index is 0.0923. The molecule has 0 aromatic heterocycles. The van der Waals surface area contributed by atoms with E-state index < -0.39 is 16.1 Å². The number of β-amino-alcohol motifs (C(OH)–C–C–N with tert-alkyl or cyclic N) is 1. The van der Waals surface area contributed by atoms with E-state index in [1.807, 2.05) is 6.92 Å². The van der Waals surface area contributed by atoms with E-state index in [-0.39, 0.29) is 11.4 Å². The average molecular weight is 267 g/mol. The van der Waals surface area contributed by atoms with Gasteiger partial charge < -0.3 is 5.11 Å². The molecule has 1 atom stereocenters. The lowest BCUT2D eigenvalue weighted by atomic mass is 10.1. The van der Waals surface area contributed by atoms with Crippen molar-refractivity contribution in [3.63, 3.8) is 0 Å². The third kappa shape index (κ3) is 2.48. The molecule has 1 aromatic rings. The van der Waals surface area contributed by atoms with Crippen molar-refractivity contribution in [1.29, 1.82) is 0 Å². The molecule has 1 N–H and O–H groups in total. The van der Waals surface area contributed by atoms with E-state index in [4.69, 9.17) is 0 Å². The first-order chi connectivity index (χ1) is 8.41. The number of hydrogen-bond acceptors (Lipinski definition) is 3. The Morgan fingerprint density at radius 3 is 2.50 bits per heavy atom. The first-order valence-corrected chi connectivity index (χ1v) is 7.28. The van der Waals surface area contributed by atoms with E-state index in [0.717, 1.165) is 5.56 Å². The van der Waals surface area contributed by atoms with Crippen LogP contribution in [0, 0.1) is 6.92 Å². The summed E-state index contributed by atoms with van der Waals surface area (Å²) in [6.07, 6.45) is -0.259. The Morgan fingerprint density at radius 2 is 1.94 bits per heavy atom. The summed E-state index contributed by atoms with van der Waals surface area (Å²) in [5.74, 6) is 0. The quantitative estimate of drug-likeness (QED) is 0.822. The zero-order chi connectivity index (χ0) is 13.3. The molecule has 1 saturated heterocycles. The van der Waals surface area contributed by atoms with E-state index >= 15 is 0 Å². The van der Waals surface area contributed by atoms with Gasteiger partial charge >= 0.3 is 0 Å². The molecule has 0 aliphatic carbocycles. The molecular formula is C13H17NO3S. The number of nitrogens with zero attached hydrogens (tertiary/aromatic N) is 1. The van der Waals surface area contributed by atoms with Gasteiger partial charge in [-0.1, -0.05) is 24.3 Å². The number of aryl methyl sites for hydroxylation is 1. The normalized spacial score (nSPS) is 22.1. The minimum Gasteiger partial charge on any atom is -0.387 e. The highest BCUT2D eigenvalue weighted by Gasteiger charge is 2.30. The van der Waals surface area contributed by atoms with Crippen LogP contribution in [0.5, 0.6) is 0 Å². The van der Waals surface area contributed by atoms with Crippen LogP contribution < -0.4 is 0 Å². The summed E-state index contributed by atoms with van der Waals surface area (Å²) in [6.45, 7) is 6.11. The van der Waals surface area contributed by atoms with Gasteiger partial charge in [0.25, 0.3) is 0 Å². The summed E-state index contributed by atoms with van der Waals surface area (Å²) in [4.78, 5) is 0.271. The lowest BCUT2D eigenvalue weighted by molar-refractivity contribution is 0.154. The van der Waals surface area contributed by atoms with Crippen LogP contribution in [-0.2, 0) is 10.0 Å². The summed E-state index contributed by atoms with van der Waals surface area (Å²) < 4.78 is 26.0. The van der Waals surface area contributed by atoms with Gasteiger partial charge in [-0.2, -0.15) is 4.31 Å². The molecular weight excluding hydrogens is 250 g/mol. The Morgan fingerprint density at radius 1 is 1.33 bits per heavy atom. The molecule has 4 nitrogen and oxygen atoms in total. The molecule has 1 unspecified atom stereocenters. The Bertz CT molecular complexity index is 548. The zero-order valence-electron chi connectivity index (χ0n) is 10.3. The van der Waals surface area contributed by atoms with Gasteiger partial charge in [-0.3, -0.25) is 0 Å². The number of benzene rings is 1. The zero-order valence-corrected chi connectivity index (χ0v) is 11.2. The van der Waals surface area contributed by atoms with Crippen molar-refractivity contribution in [2.75, 3.05) is 13.1 Å². The van der Waals surface area contributed by atoms with Gasteiger partial charge in [0.15, 0.2) is 0 Å². The van der Waals surface area contributed by atoms with E-state index in [1.165, 1.54) is 4.31 Å². The Balaban J connectivity index is 2.26. The first kappa shape index (κ1) is 13.3. The molecule has 1 heterocycles. The highest BCUT2D eigenvalue weighted by Crippen LogP contribution is 2.22. The molecule has 98 valence electrons. The van der Waals surface area contributed by atoms with Crippen LogP contribution in [0.1, 0.15) is 12.0 Å². The standard InChI is InChI=1S/C13H17NO3S/c1-10-3-5-12(6-4-10)18(16,17)14-8-7-11(2)13(15)9-14/h3-6,13,15H,2,7-9H2,1H3. The molecule has 0 saturated carbocycles. The van der Waals surface area contributed by atoms with Crippen molar-refractivity contribution < 1.29 is 13.5 Å². The van der Waals surface area contributed by atoms with Crippen molar-refractivity contribution in [2.45, 2.75) is 24.3 Å². The molecule has 0 radical (unpaired) electrons. The molecule has 0 bridgehead atoms. The molecule has 1 fully saturated rings. The van der Waals surface area contributed by atoms with Gasteiger partial charge in [0.2, 0.25) is 10.0 Å². The third-order valence-electron chi connectivity index (χ3n) is 3.19. The molecule has 1 aliphatic heterocycles. The topological polar surface area (TPSA) is 57.6 Å². The highest BCUT2D eigenvalue weighted by atomic mass is 32.2. The largest absolute Gasteiger partial charge is 0.387 e. The molecule has 0 amide bonds. The SMILES string of the molecule is C=C1CCN(S(=O)(=O)c2ccc(C)cc2)CC1O. The van der Waals surface area contributed by atoms with Crippen LogP contribution in [0.4, 0.5) is 0 Å². The number of aliphatic hydroxyl groups excluding tert-OH is 1. The smallest absolute Gasteiger partial charge is 0.243 e. The van der Waals surface area contributed by atoms with Gasteiger partial charge in [-0.25, -0.2) is 8.42 Å². The van der Waals surface area contributed by atoms with Crippen LogP contribution in [0.3, 0.4) is 0 Å². The van der Waals surface area contributed by atoms with Gasteiger partial charge in [-0.05, 0) is 31.1 Å². The van der Waals surface area contributed by atoms with Crippen LogP contribution >= 0.6 is 0 Å². The van der Waals surface area contributed by atoms with Gasteiger partial charge in [-0.15, -0.1) is 0 Å². The van der Waals surface area contributed by atoms with Crippen molar-refractivity contribution in [3.8, 4) is 0 Å². The van der Waals surface area contributed by atoms with Crippen molar-refractivity contribution in [2.24, 2.45) is 0 Å². The maximum atomic E-state index is 12.3. The third-order valence-corrected chi connectivity index (χ3v) is 5.07. The summed E-state index contributed by atoms with van der Waals surface area (Å²) in [5, 5.41) is 9.70. The predicted molar refractivity (Wildman–Crippen MR) is 69.7 cm³/mol. The minimum atomic E-state index is -3.50. The fourth-order valence-electron chi connectivity index (χ4n) is 1.93. The molecule has 0 spiro atoms. The number of sulfonamides is 1. The predicted octanol–water partition coefficient (Wildman–Crippen LogP) is 1.31. The number of aliphatic hydroxyl groups is 1. The van der Waals surface area contributed by atoms with Gasteiger partial charge in [0.05, 0.1) is 11.0 Å². The Kier molecular flexibility index (Phi) is 3.56. The highest BCUT2D eigenvalue weighted by molar-refractivity contribution is 7.89. The first-order valence-electron chi connectivity index (χ1n) is 5.84. The molecule has 5 heteroatoms. The van der Waals surface area contributed by atoms with Crippen molar-refractivity contribution in [1.82, 2.24) is 4.31 Å². The Labute approximate surface area is 108 Å². The van der Waals surface area contributed by atoms with Gasteiger partial charge in [0.1, 0.15) is 0 Å². The Hall–Kier alpha value is -1.17. The number of piperidine rings is 1. The summed E-state index contributed by atoms with van der Waals surface area (Å²) in [6, 6.07) is 6.74. The average Bonchev–Trinajstić information content (AvgIpc) is 2.33. The maximum absolute atomic E-state index is 12.3. The maximum Gasteiger partial charge on any atom is 0.243 e. The van der Waals surface area contributed by atoms with Crippen molar-refractivity contribution >= 4 is 10.0 Å².